The Morgan fingerprint density at radius 3 is 1.48 bits per heavy atom. The molecule has 0 saturated carbocycles. The quantitative estimate of drug-likeness (QED) is 0.747. The third-order valence-corrected chi connectivity index (χ3v) is 3.17. The Bertz CT molecular complexity index is 588. The maximum atomic E-state index is 12.8. The van der Waals surface area contributed by atoms with Gasteiger partial charge < -0.3 is 13.9 Å². The summed E-state index contributed by atoms with van der Waals surface area (Å²) in [4.78, 5) is 37.1. The van der Waals surface area contributed by atoms with Crippen LogP contribution in [0.2, 0.25) is 0 Å². The molecule has 6 heteroatoms. The normalized spacial score (nSPS) is 11.0. The fourth-order valence-corrected chi connectivity index (χ4v) is 2.18. The summed E-state index contributed by atoms with van der Waals surface area (Å²) < 4.78 is 15.7. The van der Waals surface area contributed by atoms with Crippen molar-refractivity contribution in [1.82, 2.24) is 0 Å². The van der Waals surface area contributed by atoms with Crippen molar-refractivity contribution in [3.63, 3.8) is 0 Å². The van der Waals surface area contributed by atoms with Gasteiger partial charge in [0.1, 0.15) is 22.6 Å². The highest BCUT2D eigenvalue weighted by molar-refractivity contribution is 5.96. The van der Waals surface area contributed by atoms with E-state index in [9.17, 15) is 14.4 Å². The minimum absolute atomic E-state index is 0.122. The fourth-order valence-electron chi connectivity index (χ4n) is 2.18. The van der Waals surface area contributed by atoms with E-state index in [1.165, 1.54) is 0 Å². The smallest absolute Gasteiger partial charge is 0.345 e. The Morgan fingerprint density at radius 1 is 0.870 bits per heavy atom. The maximum absolute atomic E-state index is 12.8. The molecule has 0 atom stereocenters. The summed E-state index contributed by atoms with van der Waals surface area (Å²) in [7, 11) is 0. The van der Waals surface area contributed by atoms with E-state index in [1.807, 2.05) is 0 Å². The summed E-state index contributed by atoms with van der Waals surface area (Å²) in [5.41, 5.74) is -1.15. The minimum Gasteiger partial charge on any atom is -0.463 e. The molecule has 1 aromatic heterocycles. The lowest BCUT2D eigenvalue weighted by Crippen LogP contribution is -2.29. The molecule has 0 aromatic carbocycles. The van der Waals surface area contributed by atoms with E-state index in [0.29, 0.717) is 0 Å². The van der Waals surface area contributed by atoms with Gasteiger partial charge in [-0.3, -0.25) is 4.79 Å². The Morgan fingerprint density at radius 2 is 1.22 bits per heavy atom. The fraction of sp³-hybridized carbons (Fsp3) is 0.588. The SMILES string of the molecule is CCOC(=O)c1c(C(C)C)oc(C(C)C)c(C(=O)OCC)c1=O. The molecule has 128 valence electrons. The minimum atomic E-state index is -0.786. The van der Waals surface area contributed by atoms with Crippen LogP contribution in [0.4, 0.5) is 0 Å². The standard InChI is InChI=1S/C17H24O6/c1-7-21-16(19)11-13(18)12(17(20)22-8-2)15(10(5)6)23-14(11)9(3)4/h9-10H,7-8H2,1-6H3. The van der Waals surface area contributed by atoms with E-state index in [4.69, 9.17) is 13.9 Å². The lowest BCUT2D eigenvalue weighted by atomic mass is 9.98. The summed E-state index contributed by atoms with van der Waals surface area (Å²) in [6, 6.07) is 0. The van der Waals surface area contributed by atoms with Crippen LogP contribution in [0.3, 0.4) is 0 Å². The number of carbonyl (C=O) groups excluding carboxylic acids is 2. The molecule has 0 aliphatic carbocycles. The Kier molecular flexibility index (Phi) is 6.54. The van der Waals surface area contributed by atoms with Crippen molar-refractivity contribution < 1.29 is 23.5 Å². The number of ether oxygens (including phenoxy) is 2. The van der Waals surface area contributed by atoms with Crippen LogP contribution in [0, 0.1) is 0 Å². The molecule has 1 rings (SSSR count). The number of hydrogen-bond acceptors (Lipinski definition) is 6. The molecule has 0 fully saturated rings. The van der Waals surface area contributed by atoms with Crippen LogP contribution < -0.4 is 5.43 Å². The molecule has 1 aromatic rings. The largest absolute Gasteiger partial charge is 0.463 e. The average Bonchev–Trinajstić information content (AvgIpc) is 2.45. The zero-order valence-electron chi connectivity index (χ0n) is 14.5. The van der Waals surface area contributed by atoms with Gasteiger partial charge in [-0.15, -0.1) is 0 Å². The molecule has 0 aliphatic heterocycles. The number of rotatable bonds is 6. The molecular weight excluding hydrogens is 300 g/mol. The zero-order valence-corrected chi connectivity index (χ0v) is 14.5. The first-order chi connectivity index (χ1) is 10.8. The summed E-state index contributed by atoms with van der Waals surface area (Å²) >= 11 is 0. The first kappa shape index (κ1) is 18.9. The Hall–Kier alpha value is -2.11. The molecule has 0 radical (unpaired) electrons. The molecule has 0 saturated heterocycles. The van der Waals surface area contributed by atoms with Crippen molar-refractivity contribution in [1.29, 1.82) is 0 Å². The van der Waals surface area contributed by atoms with Crippen LogP contribution in [-0.4, -0.2) is 25.2 Å². The first-order valence-corrected chi connectivity index (χ1v) is 7.81. The van der Waals surface area contributed by atoms with Crippen LogP contribution in [0.5, 0.6) is 0 Å². The molecule has 6 nitrogen and oxygen atoms in total. The van der Waals surface area contributed by atoms with Gasteiger partial charge in [0.25, 0.3) is 0 Å². The van der Waals surface area contributed by atoms with Gasteiger partial charge in [-0.05, 0) is 13.8 Å². The van der Waals surface area contributed by atoms with E-state index < -0.39 is 17.4 Å². The second kappa shape index (κ2) is 7.94. The topological polar surface area (TPSA) is 82.8 Å². The number of carbonyl (C=O) groups is 2. The number of esters is 2. The van der Waals surface area contributed by atoms with Crippen molar-refractivity contribution in [2.75, 3.05) is 13.2 Å². The van der Waals surface area contributed by atoms with Crippen LogP contribution in [-0.2, 0) is 9.47 Å². The highest BCUT2D eigenvalue weighted by Crippen LogP contribution is 2.26. The van der Waals surface area contributed by atoms with Crippen molar-refractivity contribution >= 4 is 11.9 Å². The number of hydrogen-bond donors (Lipinski definition) is 0. The second-order valence-corrected chi connectivity index (χ2v) is 5.66. The highest BCUT2D eigenvalue weighted by atomic mass is 16.5. The van der Waals surface area contributed by atoms with Gasteiger partial charge in [0.2, 0.25) is 5.43 Å². The van der Waals surface area contributed by atoms with Gasteiger partial charge in [-0.25, -0.2) is 9.59 Å². The van der Waals surface area contributed by atoms with E-state index in [-0.39, 0.29) is 47.7 Å². The van der Waals surface area contributed by atoms with Crippen molar-refractivity contribution in [3.8, 4) is 0 Å². The third kappa shape index (κ3) is 4.00. The first-order valence-electron chi connectivity index (χ1n) is 7.81. The van der Waals surface area contributed by atoms with Gasteiger partial charge in [0, 0.05) is 11.8 Å². The van der Waals surface area contributed by atoms with Crippen molar-refractivity contribution in [3.05, 3.63) is 32.9 Å². The van der Waals surface area contributed by atoms with Gasteiger partial charge in [0.15, 0.2) is 0 Å². The second-order valence-electron chi connectivity index (χ2n) is 5.66. The van der Waals surface area contributed by atoms with Crippen LogP contribution in [0.1, 0.15) is 85.6 Å². The molecular formula is C17H24O6. The molecule has 23 heavy (non-hydrogen) atoms. The van der Waals surface area contributed by atoms with Crippen LogP contribution in [0.25, 0.3) is 0 Å². The molecule has 0 N–H and O–H groups in total. The van der Waals surface area contributed by atoms with E-state index >= 15 is 0 Å². The van der Waals surface area contributed by atoms with Gasteiger partial charge in [0.05, 0.1) is 13.2 Å². The monoisotopic (exact) mass is 324 g/mol. The Labute approximate surface area is 135 Å². The highest BCUT2D eigenvalue weighted by Gasteiger charge is 2.31. The van der Waals surface area contributed by atoms with Crippen molar-refractivity contribution in [2.24, 2.45) is 0 Å². The molecule has 1 heterocycles. The van der Waals surface area contributed by atoms with E-state index in [1.54, 1.807) is 41.5 Å². The lowest BCUT2D eigenvalue weighted by molar-refractivity contribution is 0.0510. The molecule has 0 unspecified atom stereocenters. The summed E-state index contributed by atoms with van der Waals surface area (Å²) in [6.07, 6.45) is 0. The van der Waals surface area contributed by atoms with Crippen LogP contribution in [0.15, 0.2) is 9.21 Å². The predicted molar refractivity (Wildman–Crippen MR) is 85.1 cm³/mol. The third-order valence-electron chi connectivity index (χ3n) is 3.17. The Balaban J connectivity index is 3.75. The summed E-state index contributed by atoms with van der Waals surface area (Å²) in [6.45, 7) is 10.7. The van der Waals surface area contributed by atoms with Gasteiger partial charge in [-0.1, -0.05) is 27.7 Å². The zero-order chi connectivity index (χ0) is 17.7. The lowest BCUT2D eigenvalue weighted by Gasteiger charge is -2.17. The molecule has 0 bridgehead atoms. The summed E-state index contributed by atoms with van der Waals surface area (Å²) in [5, 5.41) is 0. The summed E-state index contributed by atoms with van der Waals surface area (Å²) in [5.74, 6) is -1.54. The molecule has 0 aliphatic rings. The average molecular weight is 324 g/mol. The van der Waals surface area contributed by atoms with E-state index in [2.05, 4.69) is 0 Å². The van der Waals surface area contributed by atoms with Crippen LogP contribution >= 0.6 is 0 Å². The van der Waals surface area contributed by atoms with Gasteiger partial charge >= 0.3 is 11.9 Å². The van der Waals surface area contributed by atoms with Gasteiger partial charge in [-0.2, -0.15) is 0 Å². The molecule has 0 amide bonds. The van der Waals surface area contributed by atoms with E-state index in [0.717, 1.165) is 0 Å². The molecule has 0 spiro atoms. The maximum Gasteiger partial charge on any atom is 0.345 e. The predicted octanol–water partition coefficient (Wildman–Crippen LogP) is 3.24. The van der Waals surface area contributed by atoms with Crippen molar-refractivity contribution in [2.45, 2.75) is 53.4 Å².